The van der Waals surface area contributed by atoms with Gasteiger partial charge in [-0.2, -0.15) is 0 Å². The SMILES string of the molecule is O=CC1CCN(CC2CCCCO2)CC1. The Kier molecular flexibility index (Phi) is 4.15. The molecule has 0 radical (unpaired) electrons. The molecule has 3 heteroatoms. The van der Waals surface area contributed by atoms with Crippen LogP contribution in [0.5, 0.6) is 0 Å². The standard InChI is InChI=1S/C12H21NO2/c14-10-11-4-6-13(7-5-11)9-12-3-1-2-8-15-12/h10-12H,1-9H2. The van der Waals surface area contributed by atoms with Crippen molar-refractivity contribution in [2.24, 2.45) is 5.92 Å². The van der Waals surface area contributed by atoms with Crippen LogP contribution in [0.3, 0.4) is 0 Å². The average molecular weight is 211 g/mol. The van der Waals surface area contributed by atoms with Crippen LogP contribution in [0.4, 0.5) is 0 Å². The average Bonchev–Trinajstić information content (AvgIpc) is 2.31. The summed E-state index contributed by atoms with van der Waals surface area (Å²) in [4.78, 5) is 13.1. The van der Waals surface area contributed by atoms with Crippen LogP contribution in [0, 0.1) is 5.92 Å². The molecule has 0 aromatic carbocycles. The predicted octanol–water partition coefficient (Wildman–Crippen LogP) is 1.47. The molecule has 2 heterocycles. The van der Waals surface area contributed by atoms with Crippen LogP contribution in [0.2, 0.25) is 0 Å². The largest absolute Gasteiger partial charge is 0.377 e. The third kappa shape index (κ3) is 3.28. The molecule has 0 N–H and O–H groups in total. The summed E-state index contributed by atoms with van der Waals surface area (Å²) in [7, 11) is 0. The Morgan fingerprint density at radius 1 is 1.20 bits per heavy atom. The molecular weight excluding hydrogens is 190 g/mol. The molecule has 3 nitrogen and oxygen atoms in total. The van der Waals surface area contributed by atoms with Gasteiger partial charge in [-0.05, 0) is 45.2 Å². The summed E-state index contributed by atoms with van der Waals surface area (Å²) in [5.74, 6) is 0.313. The summed E-state index contributed by atoms with van der Waals surface area (Å²) < 4.78 is 5.72. The molecule has 1 atom stereocenters. The van der Waals surface area contributed by atoms with E-state index in [1.54, 1.807) is 0 Å². The maximum atomic E-state index is 10.6. The van der Waals surface area contributed by atoms with Gasteiger partial charge in [0.25, 0.3) is 0 Å². The molecule has 0 aromatic rings. The second-order valence-electron chi connectivity index (χ2n) is 4.76. The Labute approximate surface area is 91.8 Å². The Hall–Kier alpha value is -0.410. The molecule has 0 aromatic heterocycles. The first kappa shape index (κ1) is 11.1. The van der Waals surface area contributed by atoms with E-state index in [0.29, 0.717) is 12.0 Å². The fourth-order valence-corrected chi connectivity index (χ4v) is 2.51. The molecule has 0 saturated carbocycles. The van der Waals surface area contributed by atoms with E-state index in [1.165, 1.54) is 19.3 Å². The van der Waals surface area contributed by atoms with Gasteiger partial charge in [0.2, 0.25) is 0 Å². The number of nitrogens with zero attached hydrogens (tertiary/aromatic N) is 1. The molecular formula is C12H21NO2. The van der Waals surface area contributed by atoms with Crippen molar-refractivity contribution in [2.75, 3.05) is 26.2 Å². The molecule has 2 rings (SSSR count). The van der Waals surface area contributed by atoms with Crippen molar-refractivity contribution in [3.05, 3.63) is 0 Å². The van der Waals surface area contributed by atoms with Crippen molar-refractivity contribution in [3.8, 4) is 0 Å². The molecule has 2 aliphatic rings. The van der Waals surface area contributed by atoms with Crippen LogP contribution >= 0.6 is 0 Å². The number of carbonyl (C=O) groups excluding carboxylic acids is 1. The van der Waals surface area contributed by atoms with Gasteiger partial charge in [0, 0.05) is 19.1 Å². The van der Waals surface area contributed by atoms with Crippen molar-refractivity contribution in [1.82, 2.24) is 4.90 Å². The molecule has 2 saturated heterocycles. The van der Waals surface area contributed by atoms with E-state index in [2.05, 4.69) is 4.90 Å². The highest BCUT2D eigenvalue weighted by Crippen LogP contribution is 2.18. The zero-order valence-electron chi connectivity index (χ0n) is 9.36. The Bertz CT molecular complexity index is 194. The van der Waals surface area contributed by atoms with Crippen molar-refractivity contribution >= 4 is 6.29 Å². The maximum Gasteiger partial charge on any atom is 0.123 e. The monoisotopic (exact) mass is 211 g/mol. The lowest BCUT2D eigenvalue weighted by Crippen LogP contribution is -2.40. The Morgan fingerprint density at radius 3 is 2.60 bits per heavy atom. The topological polar surface area (TPSA) is 29.5 Å². The lowest BCUT2D eigenvalue weighted by molar-refractivity contribution is -0.112. The zero-order chi connectivity index (χ0) is 10.5. The van der Waals surface area contributed by atoms with Gasteiger partial charge in [0.15, 0.2) is 0 Å². The van der Waals surface area contributed by atoms with E-state index in [1.807, 2.05) is 0 Å². The van der Waals surface area contributed by atoms with Crippen LogP contribution in [0.1, 0.15) is 32.1 Å². The third-order valence-electron chi connectivity index (χ3n) is 3.56. The minimum Gasteiger partial charge on any atom is -0.377 e. The van der Waals surface area contributed by atoms with E-state index in [-0.39, 0.29) is 0 Å². The second-order valence-corrected chi connectivity index (χ2v) is 4.76. The van der Waals surface area contributed by atoms with Crippen molar-refractivity contribution in [3.63, 3.8) is 0 Å². The van der Waals surface area contributed by atoms with E-state index >= 15 is 0 Å². The number of ether oxygens (including phenoxy) is 1. The Morgan fingerprint density at radius 2 is 2.00 bits per heavy atom. The van der Waals surface area contributed by atoms with Crippen LogP contribution < -0.4 is 0 Å². The third-order valence-corrected chi connectivity index (χ3v) is 3.56. The summed E-state index contributed by atoms with van der Waals surface area (Å²) in [5.41, 5.74) is 0. The predicted molar refractivity (Wildman–Crippen MR) is 58.8 cm³/mol. The zero-order valence-corrected chi connectivity index (χ0v) is 9.36. The maximum absolute atomic E-state index is 10.6. The summed E-state index contributed by atoms with van der Waals surface area (Å²) in [5, 5.41) is 0. The van der Waals surface area contributed by atoms with Gasteiger partial charge >= 0.3 is 0 Å². The summed E-state index contributed by atoms with van der Waals surface area (Å²) >= 11 is 0. The summed E-state index contributed by atoms with van der Waals surface area (Å²) in [6.45, 7) is 4.16. The number of hydrogen-bond acceptors (Lipinski definition) is 3. The van der Waals surface area contributed by atoms with E-state index < -0.39 is 0 Å². The smallest absolute Gasteiger partial charge is 0.123 e. The van der Waals surface area contributed by atoms with Gasteiger partial charge in [0.1, 0.15) is 6.29 Å². The molecule has 0 spiro atoms. The highest BCUT2D eigenvalue weighted by molar-refractivity contribution is 5.53. The first-order valence-corrected chi connectivity index (χ1v) is 6.18. The van der Waals surface area contributed by atoms with Crippen LogP contribution in [-0.2, 0) is 9.53 Å². The van der Waals surface area contributed by atoms with E-state index in [4.69, 9.17) is 4.74 Å². The Balaban J connectivity index is 1.69. The fraction of sp³-hybridized carbons (Fsp3) is 0.917. The lowest BCUT2D eigenvalue weighted by Gasteiger charge is -2.33. The lowest BCUT2D eigenvalue weighted by atomic mass is 9.98. The quantitative estimate of drug-likeness (QED) is 0.662. The number of aldehydes is 1. The van der Waals surface area contributed by atoms with Gasteiger partial charge < -0.3 is 14.4 Å². The van der Waals surface area contributed by atoms with Crippen molar-refractivity contribution in [2.45, 2.75) is 38.2 Å². The molecule has 0 amide bonds. The second kappa shape index (κ2) is 5.61. The highest BCUT2D eigenvalue weighted by atomic mass is 16.5. The van der Waals surface area contributed by atoms with Crippen molar-refractivity contribution in [1.29, 1.82) is 0 Å². The molecule has 2 fully saturated rings. The van der Waals surface area contributed by atoms with Gasteiger partial charge in [-0.25, -0.2) is 0 Å². The first-order valence-electron chi connectivity index (χ1n) is 6.18. The molecule has 2 aliphatic heterocycles. The molecule has 1 unspecified atom stereocenters. The molecule has 15 heavy (non-hydrogen) atoms. The van der Waals surface area contributed by atoms with Crippen LogP contribution in [-0.4, -0.2) is 43.5 Å². The number of rotatable bonds is 3. The highest BCUT2D eigenvalue weighted by Gasteiger charge is 2.22. The van der Waals surface area contributed by atoms with Crippen LogP contribution in [0.15, 0.2) is 0 Å². The van der Waals surface area contributed by atoms with E-state index in [9.17, 15) is 4.79 Å². The summed E-state index contributed by atoms with van der Waals surface area (Å²) in [6.07, 6.45) is 7.40. The molecule has 86 valence electrons. The molecule has 0 aliphatic carbocycles. The summed E-state index contributed by atoms with van der Waals surface area (Å²) in [6, 6.07) is 0. The minimum atomic E-state index is 0.313. The number of likely N-dealkylation sites (tertiary alicyclic amines) is 1. The first-order chi connectivity index (χ1) is 7.38. The van der Waals surface area contributed by atoms with Crippen molar-refractivity contribution < 1.29 is 9.53 Å². The fourth-order valence-electron chi connectivity index (χ4n) is 2.51. The van der Waals surface area contributed by atoms with Gasteiger partial charge in [-0.1, -0.05) is 0 Å². The van der Waals surface area contributed by atoms with E-state index in [0.717, 1.165) is 45.4 Å². The molecule has 0 bridgehead atoms. The van der Waals surface area contributed by atoms with Crippen LogP contribution in [0.25, 0.3) is 0 Å². The number of hydrogen-bond donors (Lipinski definition) is 0. The van der Waals surface area contributed by atoms with Gasteiger partial charge in [-0.3, -0.25) is 0 Å². The normalized spacial score (nSPS) is 30.3. The number of piperidine rings is 1. The van der Waals surface area contributed by atoms with Gasteiger partial charge in [0.05, 0.1) is 6.10 Å². The number of carbonyl (C=O) groups is 1. The van der Waals surface area contributed by atoms with Gasteiger partial charge in [-0.15, -0.1) is 0 Å². The minimum absolute atomic E-state index is 0.313.